The highest BCUT2D eigenvalue weighted by atomic mass is 16.4. The average molecular weight is 234 g/mol. The van der Waals surface area contributed by atoms with E-state index in [2.05, 4.69) is 11.4 Å². The molecule has 0 spiro atoms. The van der Waals surface area contributed by atoms with Crippen molar-refractivity contribution in [1.29, 1.82) is 0 Å². The fourth-order valence-corrected chi connectivity index (χ4v) is 2.36. The van der Waals surface area contributed by atoms with Crippen molar-refractivity contribution in [3.63, 3.8) is 0 Å². The fraction of sp³-hybridized carbons (Fsp3) is 0.462. The summed E-state index contributed by atoms with van der Waals surface area (Å²) < 4.78 is 0. The number of nitrogens with one attached hydrogen (secondary N) is 1. The van der Waals surface area contributed by atoms with Crippen LogP contribution in [0.5, 0.6) is 0 Å². The predicted octanol–water partition coefficient (Wildman–Crippen LogP) is 0.718. The smallest absolute Gasteiger partial charge is 0.320 e. The highest BCUT2D eigenvalue weighted by molar-refractivity contribution is 5.73. The van der Waals surface area contributed by atoms with E-state index in [0.717, 1.165) is 25.1 Å². The predicted molar refractivity (Wildman–Crippen MR) is 66.0 cm³/mol. The van der Waals surface area contributed by atoms with E-state index in [1.807, 2.05) is 18.2 Å². The van der Waals surface area contributed by atoms with Crippen molar-refractivity contribution in [2.75, 3.05) is 13.1 Å². The van der Waals surface area contributed by atoms with Crippen molar-refractivity contribution >= 4 is 5.97 Å². The number of carboxylic acids is 1. The number of carboxylic acid groups (broad SMARTS) is 1. The molecule has 1 aliphatic rings. The molecule has 92 valence electrons. The first-order chi connectivity index (χ1) is 8.18. The lowest BCUT2D eigenvalue weighted by atomic mass is 9.90. The van der Waals surface area contributed by atoms with Crippen LogP contribution >= 0.6 is 0 Å². The Kier molecular flexibility index (Phi) is 3.76. The van der Waals surface area contributed by atoms with Gasteiger partial charge < -0.3 is 16.2 Å². The molecule has 0 radical (unpaired) electrons. The summed E-state index contributed by atoms with van der Waals surface area (Å²) in [6.07, 6.45) is 1.52. The molecule has 4 heteroatoms. The number of aliphatic carboxylic acids is 1. The van der Waals surface area contributed by atoms with Gasteiger partial charge in [0, 0.05) is 6.54 Å². The third-order valence-corrected chi connectivity index (χ3v) is 3.31. The lowest BCUT2D eigenvalue weighted by molar-refractivity contribution is -0.138. The number of rotatable bonds is 4. The first-order valence-electron chi connectivity index (χ1n) is 5.95. The van der Waals surface area contributed by atoms with E-state index >= 15 is 0 Å². The second kappa shape index (κ2) is 5.29. The van der Waals surface area contributed by atoms with Gasteiger partial charge in [0.15, 0.2) is 0 Å². The van der Waals surface area contributed by atoms with Crippen LogP contribution in [0.3, 0.4) is 0 Å². The molecule has 0 aliphatic carbocycles. The van der Waals surface area contributed by atoms with E-state index in [9.17, 15) is 4.79 Å². The van der Waals surface area contributed by atoms with Crippen molar-refractivity contribution < 1.29 is 9.90 Å². The van der Waals surface area contributed by atoms with Crippen LogP contribution in [0.1, 0.15) is 23.5 Å². The maximum absolute atomic E-state index is 10.8. The summed E-state index contributed by atoms with van der Waals surface area (Å²) in [5.74, 6) is -0.448. The molecular formula is C13H18N2O2. The van der Waals surface area contributed by atoms with Crippen molar-refractivity contribution in [3.8, 4) is 0 Å². The summed E-state index contributed by atoms with van der Waals surface area (Å²) in [4.78, 5) is 10.8. The Labute approximate surface area is 101 Å². The van der Waals surface area contributed by atoms with Gasteiger partial charge in [0.05, 0.1) is 0 Å². The Hall–Kier alpha value is -1.39. The zero-order valence-corrected chi connectivity index (χ0v) is 9.73. The molecule has 1 heterocycles. The van der Waals surface area contributed by atoms with E-state index in [4.69, 9.17) is 10.8 Å². The Balaban J connectivity index is 2.18. The highest BCUT2D eigenvalue weighted by Crippen LogP contribution is 2.26. The van der Waals surface area contributed by atoms with Crippen molar-refractivity contribution in [3.05, 3.63) is 35.4 Å². The summed E-state index contributed by atoms with van der Waals surface area (Å²) in [7, 11) is 0. The highest BCUT2D eigenvalue weighted by Gasteiger charge is 2.21. The second-order valence-corrected chi connectivity index (χ2v) is 4.54. The van der Waals surface area contributed by atoms with Gasteiger partial charge in [-0.05, 0) is 36.4 Å². The van der Waals surface area contributed by atoms with Gasteiger partial charge in [-0.2, -0.15) is 0 Å². The monoisotopic (exact) mass is 234 g/mol. The molecule has 2 rings (SSSR count). The van der Waals surface area contributed by atoms with Gasteiger partial charge in [0.2, 0.25) is 0 Å². The Morgan fingerprint density at radius 3 is 2.94 bits per heavy atom. The van der Waals surface area contributed by atoms with Crippen LogP contribution in [0, 0.1) is 0 Å². The average Bonchev–Trinajstić information content (AvgIpc) is 2.83. The lowest BCUT2D eigenvalue weighted by Crippen LogP contribution is -2.32. The van der Waals surface area contributed by atoms with Gasteiger partial charge in [0.25, 0.3) is 0 Å². The maximum atomic E-state index is 10.8. The van der Waals surface area contributed by atoms with Crippen LogP contribution in [0.4, 0.5) is 0 Å². The largest absolute Gasteiger partial charge is 0.480 e. The van der Waals surface area contributed by atoms with E-state index < -0.39 is 12.0 Å². The summed E-state index contributed by atoms with van der Waals surface area (Å²) >= 11 is 0. The summed E-state index contributed by atoms with van der Waals surface area (Å²) in [5, 5.41) is 12.2. The second-order valence-electron chi connectivity index (χ2n) is 4.54. The molecule has 1 aromatic rings. The molecule has 1 fully saturated rings. The molecule has 1 aliphatic heterocycles. The topological polar surface area (TPSA) is 75.3 Å². The molecule has 2 unspecified atom stereocenters. The van der Waals surface area contributed by atoms with Crippen molar-refractivity contribution in [1.82, 2.24) is 5.32 Å². The van der Waals surface area contributed by atoms with Gasteiger partial charge in [-0.25, -0.2) is 0 Å². The van der Waals surface area contributed by atoms with Crippen molar-refractivity contribution in [2.24, 2.45) is 5.73 Å². The van der Waals surface area contributed by atoms with E-state index in [1.54, 1.807) is 0 Å². The SMILES string of the molecule is NC(Cc1ccccc1C1CCNC1)C(=O)O. The third kappa shape index (κ3) is 2.84. The van der Waals surface area contributed by atoms with Crippen LogP contribution < -0.4 is 11.1 Å². The summed E-state index contributed by atoms with van der Waals surface area (Å²) in [6.45, 7) is 2.00. The number of benzene rings is 1. The molecule has 4 N–H and O–H groups in total. The molecule has 0 bridgehead atoms. The maximum Gasteiger partial charge on any atom is 0.320 e. The van der Waals surface area contributed by atoms with E-state index in [-0.39, 0.29) is 0 Å². The van der Waals surface area contributed by atoms with E-state index in [1.165, 1.54) is 5.56 Å². The fourth-order valence-electron chi connectivity index (χ4n) is 2.36. The summed E-state index contributed by atoms with van der Waals surface area (Å²) in [5.41, 5.74) is 7.91. The molecule has 0 aromatic heterocycles. The number of nitrogens with two attached hydrogens (primary N) is 1. The van der Waals surface area contributed by atoms with Crippen LogP contribution in [-0.4, -0.2) is 30.2 Å². The first kappa shape index (κ1) is 12.1. The Bertz CT molecular complexity index is 400. The standard InChI is InChI=1S/C13H18N2O2/c14-12(13(16)17)7-9-3-1-2-4-11(9)10-5-6-15-8-10/h1-4,10,12,15H,5-8,14H2,(H,16,17). The zero-order valence-electron chi connectivity index (χ0n) is 9.73. The van der Waals surface area contributed by atoms with Crippen LogP contribution in [0.15, 0.2) is 24.3 Å². The molecule has 2 atom stereocenters. The first-order valence-corrected chi connectivity index (χ1v) is 5.95. The van der Waals surface area contributed by atoms with Gasteiger partial charge in [-0.15, -0.1) is 0 Å². The molecule has 0 saturated carbocycles. The third-order valence-electron chi connectivity index (χ3n) is 3.31. The molecule has 17 heavy (non-hydrogen) atoms. The van der Waals surface area contributed by atoms with Crippen LogP contribution in [-0.2, 0) is 11.2 Å². The minimum absolute atomic E-state index is 0.405. The molecular weight excluding hydrogens is 216 g/mol. The van der Waals surface area contributed by atoms with Gasteiger partial charge in [-0.3, -0.25) is 4.79 Å². The van der Waals surface area contributed by atoms with Crippen molar-refractivity contribution in [2.45, 2.75) is 24.8 Å². The van der Waals surface area contributed by atoms with Crippen LogP contribution in [0.25, 0.3) is 0 Å². The molecule has 1 aromatic carbocycles. The zero-order chi connectivity index (χ0) is 12.3. The Morgan fingerprint density at radius 2 is 2.29 bits per heavy atom. The quantitative estimate of drug-likeness (QED) is 0.717. The minimum Gasteiger partial charge on any atom is -0.480 e. The number of hydrogen-bond acceptors (Lipinski definition) is 3. The van der Waals surface area contributed by atoms with Gasteiger partial charge >= 0.3 is 5.97 Å². The minimum atomic E-state index is -0.940. The lowest BCUT2D eigenvalue weighted by Gasteiger charge is -2.16. The number of hydrogen-bond donors (Lipinski definition) is 3. The normalized spacial score (nSPS) is 21.4. The van der Waals surface area contributed by atoms with Crippen LogP contribution in [0.2, 0.25) is 0 Å². The Morgan fingerprint density at radius 1 is 1.53 bits per heavy atom. The molecule has 0 amide bonds. The van der Waals surface area contributed by atoms with Gasteiger partial charge in [0.1, 0.15) is 6.04 Å². The summed E-state index contributed by atoms with van der Waals surface area (Å²) in [6, 6.07) is 7.20. The molecule has 1 saturated heterocycles. The number of carbonyl (C=O) groups is 1. The molecule has 4 nitrogen and oxygen atoms in total. The van der Waals surface area contributed by atoms with Gasteiger partial charge in [-0.1, -0.05) is 24.3 Å². The van der Waals surface area contributed by atoms with E-state index in [0.29, 0.717) is 12.3 Å².